The van der Waals surface area contributed by atoms with Crippen molar-refractivity contribution in [3.8, 4) is 5.75 Å². The summed E-state index contributed by atoms with van der Waals surface area (Å²) < 4.78 is 24.9. The summed E-state index contributed by atoms with van der Waals surface area (Å²) in [4.78, 5) is 18.3. The number of aromatic nitrogens is 3. The summed E-state index contributed by atoms with van der Waals surface area (Å²) in [5.74, 6) is 2.12. The van der Waals surface area contributed by atoms with Crippen LogP contribution in [0.1, 0.15) is 30.4 Å². The summed E-state index contributed by atoms with van der Waals surface area (Å²) in [7, 11) is 0. The summed E-state index contributed by atoms with van der Waals surface area (Å²) in [6.45, 7) is 4.87. The van der Waals surface area contributed by atoms with E-state index < -0.39 is 0 Å². The number of halogens is 1. The van der Waals surface area contributed by atoms with Gasteiger partial charge in [-0.3, -0.25) is 0 Å². The molecule has 2 aliphatic heterocycles. The van der Waals surface area contributed by atoms with Gasteiger partial charge in [0.1, 0.15) is 18.2 Å². The Morgan fingerprint density at radius 2 is 1.58 bits per heavy atom. The van der Waals surface area contributed by atoms with Gasteiger partial charge in [0.2, 0.25) is 17.8 Å². The maximum Gasteiger partial charge on any atom is 0.250 e. The lowest BCUT2D eigenvalue weighted by molar-refractivity contribution is 0.122. The van der Waals surface area contributed by atoms with Gasteiger partial charge in [0.15, 0.2) is 0 Å². The summed E-state index contributed by atoms with van der Waals surface area (Å²) >= 11 is 0. The van der Waals surface area contributed by atoms with Crippen LogP contribution >= 0.6 is 0 Å². The van der Waals surface area contributed by atoms with E-state index in [0.29, 0.717) is 42.4 Å². The molecule has 3 heterocycles. The molecule has 0 amide bonds. The van der Waals surface area contributed by atoms with Gasteiger partial charge in [-0.25, -0.2) is 9.82 Å². The number of nitrogens with zero attached hydrogens (tertiary/aromatic N) is 6. The van der Waals surface area contributed by atoms with Gasteiger partial charge in [-0.1, -0.05) is 18.2 Å². The monoisotopic (exact) mass is 491 g/mol. The Labute approximate surface area is 210 Å². The Kier molecular flexibility index (Phi) is 7.82. The van der Waals surface area contributed by atoms with Crippen molar-refractivity contribution < 1.29 is 13.9 Å². The van der Waals surface area contributed by atoms with E-state index in [-0.39, 0.29) is 12.4 Å². The lowest BCUT2D eigenvalue weighted by Gasteiger charge is -2.30. The average molecular weight is 492 g/mol. The first kappa shape index (κ1) is 23.9. The van der Waals surface area contributed by atoms with Crippen LogP contribution in [0, 0.1) is 5.82 Å². The first-order chi connectivity index (χ1) is 17.7. The van der Waals surface area contributed by atoms with Gasteiger partial charge in [-0.15, -0.1) is 0 Å². The smallest absolute Gasteiger partial charge is 0.250 e. The number of rotatable bonds is 8. The molecule has 0 atom stereocenters. The molecule has 188 valence electrons. The van der Waals surface area contributed by atoms with Crippen LogP contribution in [0.25, 0.3) is 0 Å². The molecule has 2 aliphatic rings. The normalized spacial score (nSPS) is 16.4. The third-order valence-electron chi connectivity index (χ3n) is 6.16. The van der Waals surface area contributed by atoms with E-state index in [1.807, 2.05) is 24.3 Å². The summed E-state index contributed by atoms with van der Waals surface area (Å²) in [6, 6.07) is 14.0. The highest BCUT2D eigenvalue weighted by atomic mass is 19.1. The van der Waals surface area contributed by atoms with Crippen LogP contribution < -0.4 is 20.0 Å². The van der Waals surface area contributed by atoms with Crippen molar-refractivity contribution in [2.24, 2.45) is 5.10 Å². The van der Waals surface area contributed by atoms with Crippen LogP contribution in [0.4, 0.5) is 22.2 Å². The molecule has 36 heavy (non-hydrogen) atoms. The molecule has 1 aromatic heterocycles. The third kappa shape index (κ3) is 6.25. The van der Waals surface area contributed by atoms with Crippen LogP contribution in [-0.2, 0) is 11.3 Å². The Hall–Kier alpha value is -3.79. The van der Waals surface area contributed by atoms with Crippen LogP contribution in [0.3, 0.4) is 0 Å². The molecule has 0 bridgehead atoms. The van der Waals surface area contributed by atoms with Gasteiger partial charge in [0, 0.05) is 31.7 Å². The number of morpholine rings is 1. The fraction of sp³-hybridized carbons (Fsp3) is 0.385. The first-order valence-electron chi connectivity index (χ1n) is 12.3. The first-order valence-corrected chi connectivity index (χ1v) is 12.3. The molecular weight excluding hydrogens is 461 g/mol. The molecular formula is C26H30FN7O2. The standard InChI is InChI=1S/C26H30FN7O2/c27-23-7-3-2-6-21(23)19-36-22-10-8-20(9-11-22)18-28-32-24-29-25(33-12-4-1-5-13-33)31-26(30-24)34-14-16-35-17-15-34/h2-3,6-11,18H,1,4-5,12-17,19H2,(H,29,30,31,32)/b28-18-. The van der Waals surface area contributed by atoms with Crippen molar-refractivity contribution in [1.29, 1.82) is 0 Å². The lowest BCUT2D eigenvalue weighted by atomic mass is 10.1. The largest absolute Gasteiger partial charge is 0.489 e. The summed E-state index contributed by atoms with van der Waals surface area (Å²) in [6.07, 6.45) is 5.21. The zero-order valence-electron chi connectivity index (χ0n) is 20.1. The molecule has 0 spiro atoms. The molecule has 0 aliphatic carbocycles. The predicted molar refractivity (Wildman–Crippen MR) is 137 cm³/mol. The Morgan fingerprint density at radius 1 is 0.889 bits per heavy atom. The zero-order chi connectivity index (χ0) is 24.6. The van der Waals surface area contributed by atoms with E-state index in [9.17, 15) is 4.39 Å². The van der Waals surface area contributed by atoms with Gasteiger partial charge < -0.3 is 19.3 Å². The molecule has 2 saturated heterocycles. The number of hydrogen-bond donors (Lipinski definition) is 1. The van der Waals surface area contributed by atoms with Crippen LogP contribution in [0.5, 0.6) is 5.75 Å². The quantitative estimate of drug-likeness (QED) is 0.375. The molecule has 0 saturated carbocycles. The van der Waals surface area contributed by atoms with Crippen molar-refractivity contribution in [2.45, 2.75) is 25.9 Å². The number of anilines is 3. The second kappa shape index (κ2) is 11.8. The molecule has 2 aromatic carbocycles. The molecule has 9 nitrogen and oxygen atoms in total. The molecule has 2 fully saturated rings. The van der Waals surface area contributed by atoms with Crippen molar-refractivity contribution in [3.05, 3.63) is 65.5 Å². The van der Waals surface area contributed by atoms with Gasteiger partial charge >= 0.3 is 0 Å². The molecule has 10 heteroatoms. The molecule has 5 rings (SSSR count). The van der Waals surface area contributed by atoms with E-state index in [1.54, 1.807) is 24.4 Å². The van der Waals surface area contributed by atoms with E-state index in [4.69, 9.17) is 14.5 Å². The van der Waals surface area contributed by atoms with Crippen LogP contribution in [-0.4, -0.2) is 60.6 Å². The summed E-state index contributed by atoms with van der Waals surface area (Å²) in [5.41, 5.74) is 4.36. The van der Waals surface area contributed by atoms with Crippen molar-refractivity contribution >= 4 is 24.1 Å². The lowest BCUT2D eigenvalue weighted by Crippen LogP contribution is -2.38. The molecule has 1 N–H and O–H groups in total. The molecule has 3 aromatic rings. The van der Waals surface area contributed by atoms with Gasteiger partial charge in [-0.2, -0.15) is 20.1 Å². The second-order valence-corrected chi connectivity index (χ2v) is 8.73. The second-order valence-electron chi connectivity index (χ2n) is 8.73. The van der Waals surface area contributed by atoms with Crippen LogP contribution in [0.2, 0.25) is 0 Å². The number of hydrogen-bond acceptors (Lipinski definition) is 9. The maximum absolute atomic E-state index is 13.8. The highest BCUT2D eigenvalue weighted by Gasteiger charge is 2.20. The third-order valence-corrected chi connectivity index (χ3v) is 6.16. The Bertz CT molecular complexity index is 1130. The minimum absolute atomic E-state index is 0.172. The van der Waals surface area contributed by atoms with E-state index in [2.05, 4.69) is 30.3 Å². The number of nitrogens with one attached hydrogen (secondary N) is 1. The van der Waals surface area contributed by atoms with E-state index in [1.165, 1.54) is 12.5 Å². The predicted octanol–water partition coefficient (Wildman–Crippen LogP) is 3.86. The van der Waals surface area contributed by atoms with Crippen molar-refractivity contribution in [3.63, 3.8) is 0 Å². The number of hydrazone groups is 1. The van der Waals surface area contributed by atoms with Gasteiger partial charge in [-0.05, 0) is 55.2 Å². The topological polar surface area (TPSA) is 88.0 Å². The highest BCUT2D eigenvalue weighted by Crippen LogP contribution is 2.21. The molecule has 0 unspecified atom stereocenters. The van der Waals surface area contributed by atoms with Gasteiger partial charge in [0.25, 0.3) is 0 Å². The Morgan fingerprint density at radius 3 is 2.31 bits per heavy atom. The van der Waals surface area contributed by atoms with Crippen molar-refractivity contribution in [1.82, 2.24) is 15.0 Å². The Balaban J connectivity index is 1.24. The number of ether oxygens (including phenoxy) is 2. The highest BCUT2D eigenvalue weighted by molar-refractivity contribution is 5.80. The fourth-order valence-electron chi connectivity index (χ4n) is 4.14. The fourth-order valence-corrected chi connectivity index (χ4v) is 4.14. The SMILES string of the molecule is Fc1ccccc1COc1ccc(/C=N\Nc2nc(N3CCCCC3)nc(N3CCOCC3)n2)cc1. The minimum Gasteiger partial charge on any atom is -0.489 e. The van der Waals surface area contributed by atoms with Crippen LogP contribution in [0.15, 0.2) is 53.6 Å². The van der Waals surface area contributed by atoms with E-state index >= 15 is 0 Å². The van der Waals surface area contributed by atoms with Crippen molar-refractivity contribution in [2.75, 3.05) is 54.6 Å². The average Bonchev–Trinajstić information content (AvgIpc) is 2.94. The number of piperidine rings is 1. The molecule has 0 radical (unpaired) electrons. The summed E-state index contributed by atoms with van der Waals surface area (Å²) in [5, 5.41) is 4.34. The zero-order valence-corrected chi connectivity index (χ0v) is 20.1. The van der Waals surface area contributed by atoms with Gasteiger partial charge in [0.05, 0.1) is 19.4 Å². The maximum atomic E-state index is 13.8. The van der Waals surface area contributed by atoms with E-state index in [0.717, 1.165) is 44.6 Å². The minimum atomic E-state index is -0.272. The number of benzene rings is 2.